The van der Waals surface area contributed by atoms with Crippen LogP contribution in [0.15, 0.2) is 48.5 Å². The van der Waals surface area contributed by atoms with E-state index in [0.717, 1.165) is 6.08 Å². The van der Waals surface area contributed by atoms with Crippen LogP contribution in [0.3, 0.4) is 0 Å². The molecular formula is C19H16ClF2NO5. The molecule has 0 aromatic heterocycles. The smallest absolute Gasteiger partial charge is 0.387 e. The number of alkyl halides is 2. The van der Waals surface area contributed by atoms with Crippen LogP contribution in [0, 0.1) is 0 Å². The molecule has 0 fully saturated rings. The Kier molecular flexibility index (Phi) is 7.76. The zero-order chi connectivity index (χ0) is 20.5. The molecule has 0 aliphatic heterocycles. The van der Waals surface area contributed by atoms with E-state index >= 15 is 0 Å². The Hall–Kier alpha value is -3.13. The molecule has 0 unspecified atom stereocenters. The lowest BCUT2D eigenvalue weighted by atomic mass is 10.2. The van der Waals surface area contributed by atoms with E-state index in [-0.39, 0.29) is 5.75 Å². The number of halogens is 3. The Morgan fingerprint density at radius 2 is 1.89 bits per heavy atom. The van der Waals surface area contributed by atoms with Crippen molar-refractivity contribution < 1.29 is 32.6 Å². The highest BCUT2D eigenvalue weighted by molar-refractivity contribution is 6.31. The molecule has 28 heavy (non-hydrogen) atoms. The molecule has 1 amide bonds. The lowest BCUT2D eigenvalue weighted by Gasteiger charge is -2.10. The molecule has 6 nitrogen and oxygen atoms in total. The number of esters is 1. The zero-order valence-electron chi connectivity index (χ0n) is 14.7. The Bertz CT molecular complexity index is 856. The third-order valence-corrected chi connectivity index (χ3v) is 3.53. The van der Waals surface area contributed by atoms with Gasteiger partial charge in [0.1, 0.15) is 11.5 Å². The van der Waals surface area contributed by atoms with Crippen LogP contribution in [-0.4, -0.2) is 32.2 Å². The van der Waals surface area contributed by atoms with E-state index in [1.54, 1.807) is 12.1 Å². The van der Waals surface area contributed by atoms with Crippen LogP contribution in [0.2, 0.25) is 5.02 Å². The molecule has 148 valence electrons. The first kappa shape index (κ1) is 21.2. The number of rotatable bonds is 8. The van der Waals surface area contributed by atoms with Crippen molar-refractivity contribution in [2.75, 3.05) is 19.0 Å². The fourth-order valence-electron chi connectivity index (χ4n) is 2.07. The predicted octanol–water partition coefficient (Wildman–Crippen LogP) is 4.15. The minimum absolute atomic E-state index is 0.00263. The second kappa shape index (κ2) is 10.3. The first-order chi connectivity index (χ1) is 13.4. The number of ether oxygens (including phenoxy) is 3. The summed E-state index contributed by atoms with van der Waals surface area (Å²) in [6.07, 6.45) is 2.52. The summed E-state index contributed by atoms with van der Waals surface area (Å²) in [6, 6.07) is 10.3. The van der Waals surface area contributed by atoms with E-state index in [9.17, 15) is 18.4 Å². The third kappa shape index (κ3) is 6.88. The first-order valence-electron chi connectivity index (χ1n) is 7.90. The van der Waals surface area contributed by atoms with Gasteiger partial charge in [-0.2, -0.15) is 8.78 Å². The molecular weight excluding hydrogens is 396 g/mol. The van der Waals surface area contributed by atoms with E-state index in [1.807, 2.05) is 0 Å². The van der Waals surface area contributed by atoms with Gasteiger partial charge in [0.25, 0.3) is 5.91 Å². The van der Waals surface area contributed by atoms with Gasteiger partial charge in [-0.1, -0.05) is 23.7 Å². The highest BCUT2D eigenvalue weighted by atomic mass is 35.5. The molecule has 0 aliphatic rings. The summed E-state index contributed by atoms with van der Waals surface area (Å²) in [5, 5.41) is 2.93. The van der Waals surface area contributed by atoms with E-state index in [4.69, 9.17) is 21.1 Å². The van der Waals surface area contributed by atoms with Gasteiger partial charge in [0.05, 0.1) is 12.8 Å². The Morgan fingerprint density at radius 3 is 2.54 bits per heavy atom. The number of carbonyl (C=O) groups is 2. The zero-order valence-corrected chi connectivity index (χ0v) is 15.4. The molecule has 0 saturated carbocycles. The van der Waals surface area contributed by atoms with Gasteiger partial charge in [0.2, 0.25) is 0 Å². The molecule has 0 saturated heterocycles. The van der Waals surface area contributed by atoms with Crippen molar-refractivity contribution in [2.24, 2.45) is 0 Å². The van der Waals surface area contributed by atoms with Crippen LogP contribution in [0.1, 0.15) is 5.56 Å². The van der Waals surface area contributed by atoms with Gasteiger partial charge in [0, 0.05) is 11.1 Å². The largest absolute Gasteiger partial charge is 0.495 e. The molecule has 1 N–H and O–H groups in total. The van der Waals surface area contributed by atoms with Gasteiger partial charge in [-0.3, -0.25) is 4.79 Å². The van der Waals surface area contributed by atoms with Crippen LogP contribution in [-0.2, 0) is 14.3 Å². The van der Waals surface area contributed by atoms with Gasteiger partial charge < -0.3 is 19.5 Å². The number of benzene rings is 2. The van der Waals surface area contributed by atoms with Crippen LogP contribution < -0.4 is 14.8 Å². The maximum atomic E-state index is 12.1. The maximum Gasteiger partial charge on any atom is 0.387 e. The Morgan fingerprint density at radius 1 is 1.18 bits per heavy atom. The molecule has 0 heterocycles. The third-order valence-electron chi connectivity index (χ3n) is 3.30. The molecule has 0 bridgehead atoms. The maximum absolute atomic E-state index is 12.1. The summed E-state index contributed by atoms with van der Waals surface area (Å²) in [7, 11) is 1.44. The molecule has 0 radical (unpaired) electrons. The summed E-state index contributed by atoms with van der Waals surface area (Å²) >= 11 is 5.87. The fraction of sp³-hybridized carbons (Fsp3) is 0.158. The number of hydrogen-bond donors (Lipinski definition) is 1. The Balaban J connectivity index is 1.84. The number of nitrogens with one attached hydrogen (secondary N) is 1. The number of carbonyl (C=O) groups excluding carboxylic acids is 2. The van der Waals surface area contributed by atoms with E-state index < -0.39 is 25.1 Å². The normalized spacial score (nSPS) is 10.8. The van der Waals surface area contributed by atoms with Crippen LogP contribution >= 0.6 is 11.6 Å². The van der Waals surface area contributed by atoms with Gasteiger partial charge >= 0.3 is 12.6 Å². The summed E-state index contributed by atoms with van der Waals surface area (Å²) in [5.74, 6) is -0.914. The highest BCUT2D eigenvalue weighted by Crippen LogP contribution is 2.27. The van der Waals surface area contributed by atoms with E-state index in [0.29, 0.717) is 22.0 Å². The van der Waals surface area contributed by atoms with E-state index in [2.05, 4.69) is 10.1 Å². The Labute approximate surface area is 164 Å². The lowest BCUT2D eigenvalue weighted by Crippen LogP contribution is -2.20. The number of methoxy groups -OCH3 is 1. The average molecular weight is 412 g/mol. The molecule has 2 aromatic rings. The number of amides is 1. The topological polar surface area (TPSA) is 73.9 Å². The van der Waals surface area contributed by atoms with E-state index in [1.165, 1.54) is 43.5 Å². The van der Waals surface area contributed by atoms with Crippen LogP contribution in [0.25, 0.3) is 6.08 Å². The van der Waals surface area contributed by atoms with Crippen molar-refractivity contribution in [3.05, 3.63) is 59.1 Å². The number of anilines is 1. The van der Waals surface area contributed by atoms with Crippen LogP contribution in [0.4, 0.5) is 14.5 Å². The highest BCUT2D eigenvalue weighted by Gasteiger charge is 2.10. The second-order valence-corrected chi connectivity index (χ2v) is 5.72. The molecule has 0 atom stereocenters. The summed E-state index contributed by atoms with van der Waals surface area (Å²) in [5.41, 5.74) is 0.907. The van der Waals surface area contributed by atoms with Gasteiger partial charge in [-0.15, -0.1) is 0 Å². The fourth-order valence-corrected chi connectivity index (χ4v) is 2.25. The summed E-state index contributed by atoms with van der Waals surface area (Å²) in [4.78, 5) is 23.6. The second-order valence-electron chi connectivity index (χ2n) is 5.28. The first-order valence-corrected chi connectivity index (χ1v) is 8.28. The monoisotopic (exact) mass is 411 g/mol. The molecule has 9 heteroatoms. The van der Waals surface area contributed by atoms with Gasteiger partial charge in [0.15, 0.2) is 6.61 Å². The van der Waals surface area contributed by atoms with Crippen molar-refractivity contribution in [3.8, 4) is 11.5 Å². The van der Waals surface area contributed by atoms with Crippen molar-refractivity contribution in [3.63, 3.8) is 0 Å². The summed E-state index contributed by atoms with van der Waals surface area (Å²) in [6.45, 7) is -3.42. The van der Waals surface area contributed by atoms with Crippen molar-refractivity contribution in [1.82, 2.24) is 0 Å². The quantitative estimate of drug-likeness (QED) is 0.522. The molecule has 0 aliphatic carbocycles. The molecule has 2 rings (SSSR count). The minimum atomic E-state index is -2.91. The van der Waals surface area contributed by atoms with Gasteiger partial charge in [-0.05, 0) is 42.0 Å². The SMILES string of the molecule is COc1ccc(Cl)cc1NC(=O)COC(=O)/C=C/c1ccc(OC(F)F)cc1. The molecule has 2 aromatic carbocycles. The number of hydrogen-bond acceptors (Lipinski definition) is 5. The lowest BCUT2D eigenvalue weighted by molar-refractivity contribution is -0.142. The van der Waals surface area contributed by atoms with Crippen molar-refractivity contribution in [2.45, 2.75) is 6.61 Å². The predicted molar refractivity (Wildman–Crippen MR) is 99.7 cm³/mol. The minimum Gasteiger partial charge on any atom is -0.495 e. The van der Waals surface area contributed by atoms with Gasteiger partial charge in [-0.25, -0.2) is 4.79 Å². The standard InChI is InChI=1S/C19H16ClF2NO5/c1-26-16-8-5-13(20)10-15(16)23-17(24)11-27-18(25)9-4-12-2-6-14(7-3-12)28-19(21)22/h2-10,19H,11H2,1H3,(H,23,24)/b9-4+. The van der Waals surface area contributed by atoms with Crippen molar-refractivity contribution >= 4 is 35.2 Å². The summed E-state index contributed by atoms with van der Waals surface area (Å²) < 4.78 is 38.3. The average Bonchev–Trinajstić information content (AvgIpc) is 2.65. The van der Waals surface area contributed by atoms with Crippen LogP contribution in [0.5, 0.6) is 11.5 Å². The van der Waals surface area contributed by atoms with Crippen molar-refractivity contribution in [1.29, 1.82) is 0 Å². The molecule has 0 spiro atoms.